The van der Waals surface area contributed by atoms with Crippen molar-refractivity contribution in [3.63, 3.8) is 0 Å². The number of rotatable bonds is 8. The number of methoxy groups -OCH3 is 1. The van der Waals surface area contributed by atoms with E-state index in [0.717, 1.165) is 32.1 Å². The van der Waals surface area contributed by atoms with Crippen LogP contribution in [0, 0.1) is 5.92 Å². The van der Waals surface area contributed by atoms with Crippen LogP contribution in [0.1, 0.15) is 44.9 Å². The van der Waals surface area contributed by atoms with Crippen LogP contribution in [0.5, 0.6) is 0 Å². The van der Waals surface area contributed by atoms with Crippen LogP contribution in [0.2, 0.25) is 0 Å². The fraction of sp³-hybridized carbons (Fsp3) is 0.769. The Bertz CT molecular complexity index is 295. The van der Waals surface area contributed by atoms with Crippen LogP contribution in [0.15, 0.2) is 0 Å². The van der Waals surface area contributed by atoms with E-state index in [0.29, 0.717) is 12.8 Å². The first-order valence-electron chi connectivity index (χ1n) is 6.41. The van der Waals surface area contributed by atoms with Crippen LogP contribution in [-0.2, 0) is 23.9 Å². The van der Waals surface area contributed by atoms with Crippen molar-refractivity contribution in [2.45, 2.75) is 44.9 Å². The first-order valence-corrected chi connectivity index (χ1v) is 6.41. The smallest absolute Gasteiger partial charge is 0.317 e. The highest BCUT2D eigenvalue weighted by molar-refractivity contribution is 6.04. The quantitative estimate of drug-likeness (QED) is 0.375. The maximum Gasteiger partial charge on any atom is 0.317 e. The lowest BCUT2D eigenvalue weighted by Crippen LogP contribution is -2.14. The Morgan fingerprint density at radius 1 is 1.22 bits per heavy atom. The molecule has 1 unspecified atom stereocenters. The fourth-order valence-corrected chi connectivity index (χ4v) is 2.00. The van der Waals surface area contributed by atoms with Gasteiger partial charge in [0, 0.05) is 6.42 Å². The summed E-state index contributed by atoms with van der Waals surface area (Å²) in [7, 11) is 1.39. The van der Waals surface area contributed by atoms with E-state index in [1.54, 1.807) is 0 Å². The van der Waals surface area contributed by atoms with Crippen LogP contribution in [-0.4, -0.2) is 31.4 Å². The Morgan fingerprint density at radius 2 is 1.89 bits per heavy atom. The minimum atomic E-state index is -0.528. The molecular formula is C13H20O5. The Kier molecular flexibility index (Phi) is 6.39. The van der Waals surface area contributed by atoms with E-state index in [9.17, 15) is 14.4 Å². The largest absolute Gasteiger partial charge is 0.469 e. The third-order valence-corrected chi connectivity index (χ3v) is 3.13. The van der Waals surface area contributed by atoms with Crippen molar-refractivity contribution >= 4 is 17.7 Å². The number of ether oxygens (including phenoxy) is 2. The number of carbonyl (C=O) groups is 3. The summed E-state index contributed by atoms with van der Waals surface area (Å²) in [6, 6.07) is 0. The van der Waals surface area contributed by atoms with E-state index in [1.807, 2.05) is 0 Å². The van der Waals surface area contributed by atoms with Gasteiger partial charge in [0.25, 0.3) is 0 Å². The second kappa shape index (κ2) is 7.84. The van der Waals surface area contributed by atoms with Crippen molar-refractivity contribution < 1.29 is 23.9 Å². The lowest BCUT2D eigenvalue weighted by molar-refractivity contribution is -0.142. The second-order valence-electron chi connectivity index (χ2n) is 4.51. The van der Waals surface area contributed by atoms with Gasteiger partial charge in [-0.05, 0) is 12.8 Å². The summed E-state index contributed by atoms with van der Waals surface area (Å²) in [6.07, 6.45) is 5.68. The zero-order valence-corrected chi connectivity index (χ0v) is 10.8. The number of hydrogen-bond donors (Lipinski definition) is 0. The maximum absolute atomic E-state index is 11.3. The number of carbonyl (C=O) groups excluding carboxylic acids is 3. The van der Waals surface area contributed by atoms with Crippen LogP contribution in [0.3, 0.4) is 0 Å². The van der Waals surface area contributed by atoms with Crippen LogP contribution < -0.4 is 0 Å². The minimum absolute atomic E-state index is 0.0529. The molecule has 0 saturated carbocycles. The molecule has 1 rings (SSSR count). The van der Waals surface area contributed by atoms with Gasteiger partial charge in [-0.3, -0.25) is 14.4 Å². The molecule has 0 spiro atoms. The predicted molar refractivity (Wildman–Crippen MR) is 63.8 cm³/mol. The summed E-state index contributed by atoms with van der Waals surface area (Å²) in [5.41, 5.74) is 0. The first-order chi connectivity index (χ1) is 8.65. The molecule has 0 aliphatic carbocycles. The zero-order chi connectivity index (χ0) is 13.4. The van der Waals surface area contributed by atoms with E-state index < -0.39 is 5.92 Å². The van der Waals surface area contributed by atoms with E-state index in [2.05, 4.69) is 9.47 Å². The van der Waals surface area contributed by atoms with Crippen molar-refractivity contribution in [3.05, 3.63) is 0 Å². The van der Waals surface area contributed by atoms with Crippen LogP contribution in [0.25, 0.3) is 0 Å². The molecule has 0 aromatic rings. The Hall–Kier alpha value is -1.39. The number of unbranched alkanes of at least 4 members (excludes halogenated alkanes) is 4. The number of hydrogen-bond acceptors (Lipinski definition) is 5. The number of esters is 2. The minimum Gasteiger partial charge on any atom is -0.469 e. The van der Waals surface area contributed by atoms with E-state index in [4.69, 9.17) is 0 Å². The zero-order valence-electron chi connectivity index (χ0n) is 10.8. The highest BCUT2D eigenvalue weighted by Gasteiger charge is 2.34. The standard InChI is InChI=1S/C13H20O5/c1-17-12(15)8-6-4-2-3-5-7-10-11(14)9-18-13(10)16/h10H,2-9H2,1H3. The lowest BCUT2D eigenvalue weighted by atomic mass is 9.98. The summed E-state index contributed by atoms with van der Waals surface area (Å²) < 4.78 is 9.21. The van der Waals surface area contributed by atoms with Gasteiger partial charge in [-0.15, -0.1) is 0 Å². The number of ketones is 1. The molecule has 1 aliphatic heterocycles. The highest BCUT2D eigenvalue weighted by Crippen LogP contribution is 2.19. The normalized spacial score (nSPS) is 18.8. The topological polar surface area (TPSA) is 69.7 Å². The summed E-state index contributed by atoms with van der Waals surface area (Å²) in [6.45, 7) is -0.0529. The van der Waals surface area contributed by atoms with Crippen molar-refractivity contribution in [1.82, 2.24) is 0 Å². The average Bonchev–Trinajstić information content (AvgIpc) is 2.68. The molecule has 5 nitrogen and oxygen atoms in total. The Labute approximate surface area is 107 Å². The molecule has 0 radical (unpaired) electrons. The molecule has 5 heteroatoms. The van der Waals surface area contributed by atoms with Gasteiger partial charge >= 0.3 is 11.9 Å². The van der Waals surface area contributed by atoms with E-state index >= 15 is 0 Å². The van der Waals surface area contributed by atoms with Gasteiger partial charge in [-0.2, -0.15) is 0 Å². The number of cyclic esters (lactones) is 1. The van der Waals surface area contributed by atoms with E-state index in [1.165, 1.54) is 7.11 Å². The van der Waals surface area contributed by atoms with Gasteiger partial charge < -0.3 is 9.47 Å². The second-order valence-corrected chi connectivity index (χ2v) is 4.51. The monoisotopic (exact) mass is 256 g/mol. The third kappa shape index (κ3) is 4.85. The molecule has 1 atom stereocenters. The maximum atomic E-state index is 11.3. The van der Waals surface area contributed by atoms with Gasteiger partial charge in [0.15, 0.2) is 12.4 Å². The van der Waals surface area contributed by atoms with Crippen molar-refractivity contribution in [1.29, 1.82) is 0 Å². The molecule has 1 fully saturated rings. The summed E-state index contributed by atoms with van der Waals surface area (Å²) in [5, 5.41) is 0. The molecule has 1 saturated heterocycles. The molecule has 1 aliphatic rings. The molecular weight excluding hydrogens is 236 g/mol. The van der Waals surface area contributed by atoms with Crippen LogP contribution >= 0.6 is 0 Å². The Balaban J connectivity index is 1.97. The van der Waals surface area contributed by atoms with Gasteiger partial charge in [0.05, 0.1) is 7.11 Å². The van der Waals surface area contributed by atoms with Gasteiger partial charge in [-0.25, -0.2) is 0 Å². The fourth-order valence-electron chi connectivity index (χ4n) is 2.00. The molecule has 0 amide bonds. The van der Waals surface area contributed by atoms with Crippen molar-refractivity contribution in [2.24, 2.45) is 5.92 Å². The van der Waals surface area contributed by atoms with Crippen LogP contribution in [0.4, 0.5) is 0 Å². The predicted octanol–water partition coefficient (Wildman–Crippen LogP) is 1.63. The highest BCUT2D eigenvalue weighted by atomic mass is 16.5. The molecule has 18 heavy (non-hydrogen) atoms. The molecule has 0 aromatic carbocycles. The SMILES string of the molecule is COC(=O)CCCCCCCC1C(=O)COC1=O. The number of Topliss-reactive ketones (excluding diaryl/α,β-unsaturated/α-hetero) is 1. The van der Waals surface area contributed by atoms with Crippen molar-refractivity contribution in [3.8, 4) is 0 Å². The van der Waals surface area contributed by atoms with Crippen molar-refractivity contribution in [2.75, 3.05) is 13.7 Å². The van der Waals surface area contributed by atoms with Gasteiger partial charge in [-0.1, -0.05) is 25.7 Å². The summed E-state index contributed by atoms with van der Waals surface area (Å²) in [5.74, 6) is -1.16. The Morgan fingerprint density at radius 3 is 2.50 bits per heavy atom. The third-order valence-electron chi connectivity index (χ3n) is 3.13. The molecule has 0 bridgehead atoms. The van der Waals surface area contributed by atoms with Gasteiger partial charge in [0.1, 0.15) is 5.92 Å². The van der Waals surface area contributed by atoms with E-state index in [-0.39, 0.29) is 24.3 Å². The lowest BCUT2D eigenvalue weighted by Gasteiger charge is -2.04. The summed E-state index contributed by atoms with van der Waals surface area (Å²) in [4.78, 5) is 33.3. The molecule has 0 N–H and O–H groups in total. The molecule has 0 aromatic heterocycles. The summed E-state index contributed by atoms with van der Waals surface area (Å²) >= 11 is 0. The molecule has 102 valence electrons. The first kappa shape index (κ1) is 14.7. The molecule has 1 heterocycles. The average molecular weight is 256 g/mol. The van der Waals surface area contributed by atoms with Gasteiger partial charge in [0.2, 0.25) is 0 Å².